The number of para-hydroxylation sites is 1. The first-order valence-electron chi connectivity index (χ1n) is 10.3. The number of carbonyl (C=O) groups is 2. The normalized spacial score (nSPS) is 10.9. The third kappa shape index (κ3) is 6.60. The van der Waals surface area contributed by atoms with E-state index in [1.165, 1.54) is 25.6 Å². The van der Waals surface area contributed by atoms with Crippen LogP contribution in [0, 0.1) is 6.92 Å². The Labute approximate surface area is 197 Å². The highest BCUT2D eigenvalue weighted by atomic mass is 32.1. The molecule has 33 heavy (non-hydrogen) atoms. The van der Waals surface area contributed by atoms with E-state index in [2.05, 4.69) is 10.6 Å². The molecule has 2 N–H and O–H groups in total. The van der Waals surface area contributed by atoms with Crippen LogP contribution in [0.1, 0.15) is 20.8 Å². The molecule has 8 heteroatoms. The zero-order chi connectivity index (χ0) is 23.6. The fourth-order valence-electron chi connectivity index (χ4n) is 2.99. The lowest BCUT2D eigenvalue weighted by Gasteiger charge is -2.13. The van der Waals surface area contributed by atoms with Gasteiger partial charge < -0.3 is 24.8 Å². The predicted molar refractivity (Wildman–Crippen MR) is 129 cm³/mol. The van der Waals surface area contributed by atoms with Gasteiger partial charge in [-0.15, -0.1) is 11.3 Å². The van der Waals surface area contributed by atoms with Crippen molar-refractivity contribution in [2.75, 3.05) is 27.4 Å². The molecular weight excluding hydrogens is 440 g/mol. The van der Waals surface area contributed by atoms with Gasteiger partial charge in [0.2, 0.25) is 0 Å². The van der Waals surface area contributed by atoms with Gasteiger partial charge in [-0.25, -0.2) is 0 Å². The summed E-state index contributed by atoms with van der Waals surface area (Å²) in [6, 6.07) is 16.2. The molecule has 0 fully saturated rings. The molecular formula is C25H26N2O5S. The molecule has 0 aliphatic rings. The van der Waals surface area contributed by atoms with Crippen molar-refractivity contribution in [1.82, 2.24) is 10.6 Å². The van der Waals surface area contributed by atoms with Crippen molar-refractivity contribution in [1.29, 1.82) is 0 Å². The van der Waals surface area contributed by atoms with E-state index in [1.54, 1.807) is 24.3 Å². The summed E-state index contributed by atoms with van der Waals surface area (Å²) in [6.45, 7) is 2.53. The van der Waals surface area contributed by atoms with E-state index < -0.39 is 11.8 Å². The van der Waals surface area contributed by atoms with Gasteiger partial charge in [0.15, 0.2) is 11.5 Å². The van der Waals surface area contributed by atoms with Gasteiger partial charge in [0.1, 0.15) is 18.1 Å². The molecule has 0 saturated heterocycles. The van der Waals surface area contributed by atoms with Gasteiger partial charge in [-0.1, -0.05) is 24.3 Å². The summed E-state index contributed by atoms with van der Waals surface area (Å²) >= 11 is 1.46. The number of carbonyl (C=O) groups excluding carboxylic acids is 2. The first kappa shape index (κ1) is 23.9. The van der Waals surface area contributed by atoms with Gasteiger partial charge in [-0.2, -0.15) is 0 Å². The lowest BCUT2D eigenvalue weighted by atomic mass is 10.1. The van der Waals surface area contributed by atoms with Crippen LogP contribution in [-0.4, -0.2) is 39.2 Å². The maximum atomic E-state index is 12.9. The molecule has 3 aromatic rings. The molecule has 0 unspecified atom stereocenters. The number of nitrogens with one attached hydrogen (secondary N) is 2. The van der Waals surface area contributed by atoms with E-state index in [-0.39, 0.29) is 12.2 Å². The molecule has 0 spiro atoms. The predicted octanol–water partition coefficient (Wildman–Crippen LogP) is 4.04. The second kappa shape index (κ2) is 11.7. The van der Waals surface area contributed by atoms with Crippen molar-refractivity contribution >= 4 is 29.2 Å². The van der Waals surface area contributed by atoms with Crippen LogP contribution in [0.15, 0.2) is 65.7 Å². The van der Waals surface area contributed by atoms with Crippen molar-refractivity contribution in [3.63, 3.8) is 0 Å². The quantitative estimate of drug-likeness (QED) is 0.348. The molecule has 1 aromatic heterocycles. The molecule has 0 atom stereocenters. The van der Waals surface area contributed by atoms with Gasteiger partial charge in [-0.3, -0.25) is 9.59 Å². The second-order valence-corrected chi connectivity index (χ2v) is 7.95. The first-order valence-corrected chi connectivity index (χ1v) is 11.1. The Morgan fingerprint density at radius 3 is 2.45 bits per heavy atom. The van der Waals surface area contributed by atoms with Crippen LogP contribution in [0.5, 0.6) is 17.2 Å². The summed E-state index contributed by atoms with van der Waals surface area (Å²) in [4.78, 5) is 26.5. The number of rotatable bonds is 10. The highest BCUT2D eigenvalue weighted by Gasteiger charge is 2.16. The maximum absolute atomic E-state index is 12.9. The Morgan fingerprint density at radius 1 is 0.970 bits per heavy atom. The minimum Gasteiger partial charge on any atom is -0.493 e. The van der Waals surface area contributed by atoms with E-state index in [9.17, 15) is 9.59 Å². The molecule has 0 saturated carbocycles. The summed E-state index contributed by atoms with van der Waals surface area (Å²) in [5.74, 6) is 0.847. The Hall–Kier alpha value is -3.78. The number of methoxy groups -OCH3 is 2. The zero-order valence-electron chi connectivity index (χ0n) is 18.7. The molecule has 0 aliphatic heterocycles. The number of amides is 2. The van der Waals surface area contributed by atoms with E-state index in [4.69, 9.17) is 14.2 Å². The van der Waals surface area contributed by atoms with E-state index in [1.807, 2.05) is 48.7 Å². The molecule has 1 heterocycles. The first-order chi connectivity index (χ1) is 16.0. The Bertz CT molecular complexity index is 1130. The average Bonchev–Trinajstić information content (AvgIpc) is 3.35. The van der Waals surface area contributed by atoms with Crippen molar-refractivity contribution in [2.24, 2.45) is 0 Å². The highest BCUT2D eigenvalue weighted by molar-refractivity contribution is 7.10. The van der Waals surface area contributed by atoms with E-state index in [0.29, 0.717) is 23.7 Å². The third-order valence-electron chi connectivity index (χ3n) is 4.71. The summed E-state index contributed by atoms with van der Waals surface area (Å²) in [5, 5.41) is 7.40. The van der Waals surface area contributed by atoms with E-state index in [0.717, 1.165) is 16.2 Å². The third-order valence-corrected chi connectivity index (χ3v) is 5.53. The maximum Gasteiger partial charge on any atom is 0.267 e. The number of aryl methyl sites for hydroxylation is 1. The van der Waals surface area contributed by atoms with Gasteiger partial charge in [0.25, 0.3) is 11.8 Å². The summed E-state index contributed by atoms with van der Waals surface area (Å²) < 4.78 is 16.2. The fourth-order valence-corrected chi connectivity index (χ4v) is 3.64. The molecule has 2 amide bonds. The van der Waals surface area contributed by atoms with Crippen LogP contribution in [0.25, 0.3) is 6.08 Å². The largest absolute Gasteiger partial charge is 0.493 e. The van der Waals surface area contributed by atoms with Gasteiger partial charge in [0.05, 0.1) is 20.8 Å². The number of thiophene rings is 1. The average molecular weight is 467 g/mol. The molecule has 0 aliphatic carbocycles. The van der Waals surface area contributed by atoms with Gasteiger partial charge in [0, 0.05) is 10.4 Å². The zero-order valence-corrected chi connectivity index (χ0v) is 19.5. The monoisotopic (exact) mass is 466 g/mol. The number of hydrogen-bond donors (Lipinski definition) is 2. The topological polar surface area (TPSA) is 85.9 Å². The molecule has 0 radical (unpaired) electrons. The lowest BCUT2D eigenvalue weighted by molar-refractivity contribution is -0.117. The van der Waals surface area contributed by atoms with Crippen LogP contribution in [0.2, 0.25) is 0 Å². The minimum absolute atomic E-state index is 0.133. The molecule has 2 aromatic carbocycles. The molecule has 172 valence electrons. The minimum atomic E-state index is -0.440. The summed E-state index contributed by atoms with van der Waals surface area (Å²) in [7, 11) is 3.01. The Kier molecular flexibility index (Phi) is 8.49. The Morgan fingerprint density at radius 2 is 1.76 bits per heavy atom. The van der Waals surface area contributed by atoms with Crippen molar-refractivity contribution in [2.45, 2.75) is 6.92 Å². The van der Waals surface area contributed by atoms with Crippen molar-refractivity contribution in [3.8, 4) is 17.2 Å². The Balaban J connectivity index is 1.68. The number of benzene rings is 2. The SMILES string of the molecule is COc1ccc(C(=O)N/C(=C\c2cccs2)C(=O)NCCOc2ccccc2C)cc1OC. The summed E-state index contributed by atoms with van der Waals surface area (Å²) in [6.07, 6.45) is 1.64. The number of hydrogen-bond acceptors (Lipinski definition) is 6. The van der Waals surface area contributed by atoms with Crippen molar-refractivity contribution < 1.29 is 23.8 Å². The van der Waals surface area contributed by atoms with Gasteiger partial charge >= 0.3 is 0 Å². The van der Waals surface area contributed by atoms with Crippen LogP contribution in [0.4, 0.5) is 0 Å². The van der Waals surface area contributed by atoms with Crippen molar-refractivity contribution in [3.05, 3.63) is 81.7 Å². The standard InChI is InChI=1S/C25H26N2O5S/c1-17-7-4-5-9-21(17)32-13-12-26-25(29)20(16-19-8-6-14-33-19)27-24(28)18-10-11-22(30-2)23(15-18)31-3/h4-11,14-16H,12-13H2,1-3H3,(H,26,29)(H,27,28)/b20-16-. The smallest absolute Gasteiger partial charge is 0.267 e. The lowest BCUT2D eigenvalue weighted by Crippen LogP contribution is -2.36. The fraction of sp³-hybridized carbons (Fsp3) is 0.200. The van der Waals surface area contributed by atoms with E-state index >= 15 is 0 Å². The molecule has 7 nitrogen and oxygen atoms in total. The molecule has 3 rings (SSSR count). The second-order valence-electron chi connectivity index (χ2n) is 6.97. The molecule has 0 bridgehead atoms. The van der Waals surface area contributed by atoms with Crippen LogP contribution in [-0.2, 0) is 4.79 Å². The van der Waals surface area contributed by atoms with Crippen LogP contribution >= 0.6 is 11.3 Å². The van der Waals surface area contributed by atoms with Crippen LogP contribution < -0.4 is 24.8 Å². The van der Waals surface area contributed by atoms with Gasteiger partial charge in [-0.05, 0) is 54.3 Å². The van der Waals surface area contributed by atoms with Crippen LogP contribution in [0.3, 0.4) is 0 Å². The highest BCUT2D eigenvalue weighted by Crippen LogP contribution is 2.27. The summed E-state index contributed by atoms with van der Waals surface area (Å²) in [5.41, 5.74) is 1.48. The number of ether oxygens (including phenoxy) is 3.